The summed E-state index contributed by atoms with van der Waals surface area (Å²) in [7, 11) is 0. The lowest BCUT2D eigenvalue weighted by molar-refractivity contribution is 0.0266. The van der Waals surface area contributed by atoms with Gasteiger partial charge in [-0.2, -0.15) is 15.2 Å². The van der Waals surface area contributed by atoms with Crippen molar-refractivity contribution in [2.75, 3.05) is 29.9 Å². The molecule has 3 aromatic rings. The Morgan fingerprint density at radius 2 is 1.92 bits per heavy atom. The highest BCUT2D eigenvalue weighted by Crippen LogP contribution is 2.55. The molecule has 2 aromatic heterocycles. The fourth-order valence-corrected chi connectivity index (χ4v) is 5.40. The molecule has 1 aromatic carbocycles. The molecule has 2 unspecified atom stereocenters. The van der Waals surface area contributed by atoms with Gasteiger partial charge in [-0.15, -0.1) is 0 Å². The first-order valence-corrected chi connectivity index (χ1v) is 12.6. The van der Waals surface area contributed by atoms with E-state index in [1.807, 2.05) is 26.8 Å². The van der Waals surface area contributed by atoms with E-state index in [4.69, 9.17) is 32.8 Å². The second-order valence-electron chi connectivity index (χ2n) is 10.7. The molecule has 12 nitrogen and oxygen atoms in total. The number of nitrogens with two attached hydrogens (primary N) is 2. The van der Waals surface area contributed by atoms with Gasteiger partial charge in [0, 0.05) is 31.0 Å². The number of carbonyl (C=O) groups excluding carboxylic acids is 1. The van der Waals surface area contributed by atoms with Crippen LogP contribution >= 0.6 is 11.6 Å². The number of carbonyl (C=O) groups is 1. The minimum atomic E-state index is -0.594. The van der Waals surface area contributed by atoms with Crippen molar-refractivity contribution in [3.8, 4) is 6.07 Å². The molecule has 2 fully saturated rings. The first-order valence-electron chi connectivity index (χ1n) is 12.2. The van der Waals surface area contributed by atoms with Crippen LogP contribution in [0.5, 0.6) is 0 Å². The van der Waals surface area contributed by atoms with E-state index in [1.165, 1.54) is 0 Å². The van der Waals surface area contributed by atoms with Crippen LogP contribution in [0.3, 0.4) is 0 Å². The molecule has 38 heavy (non-hydrogen) atoms. The Labute approximate surface area is 223 Å². The van der Waals surface area contributed by atoms with Crippen LogP contribution in [0.2, 0.25) is 5.02 Å². The molecule has 198 valence electrons. The molecule has 13 heteroatoms. The summed E-state index contributed by atoms with van der Waals surface area (Å²) in [4.78, 5) is 40.9. The predicted molar refractivity (Wildman–Crippen MR) is 142 cm³/mol. The molecule has 0 bridgehead atoms. The van der Waals surface area contributed by atoms with Gasteiger partial charge in [-0.25, -0.2) is 9.78 Å². The van der Waals surface area contributed by atoms with E-state index in [0.29, 0.717) is 34.8 Å². The van der Waals surface area contributed by atoms with Crippen molar-refractivity contribution >= 4 is 46.2 Å². The molecule has 2 aliphatic rings. The monoisotopic (exact) mass is 537 g/mol. The molecule has 0 radical (unpaired) electrons. The summed E-state index contributed by atoms with van der Waals surface area (Å²) in [5, 5.41) is 13.3. The highest BCUT2D eigenvalue weighted by molar-refractivity contribution is 6.35. The largest absolute Gasteiger partial charge is 0.444 e. The number of fused-ring (bicyclic) bond motifs is 2. The quantitative estimate of drug-likeness (QED) is 0.447. The van der Waals surface area contributed by atoms with Gasteiger partial charge in [0.15, 0.2) is 5.82 Å². The number of aromatic nitrogens is 4. The van der Waals surface area contributed by atoms with Crippen molar-refractivity contribution in [3.63, 3.8) is 0 Å². The highest BCUT2D eigenvalue weighted by atomic mass is 35.5. The molecule has 5 rings (SSSR count). The molecule has 3 atom stereocenters. The van der Waals surface area contributed by atoms with Crippen molar-refractivity contribution in [1.29, 1.82) is 5.26 Å². The molecule has 1 saturated heterocycles. The Morgan fingerprint density at radius 1 is 1.24 bits per heavy atom. The van der Waals surface area contributed by atoms with E-state index in [-0.39, 0.29) is 52.7 Å². The van der Waals surface area contributed by atoms with Gasteiger partial charge in [-0.1, -0.05) is 17.7 Å². The maximum Gasteiger partial charge on any atom is 0.410 e. The van der Waals surface area contributed by atoms with Crippen LogP contribution in [-0.2, 0) is 4.74 Å². The second kappa shape index (κ2) is 9.02. The van der Waals surface area contributed by atoms with Crippen LogP contribution < -0.4 is 22.3 Å². The van der Waals surface area contributed by atoms with E-state index >= 15 is 0 Å². The second-order valence-corrected chi connectivity index (χ2v) is 11.1. The number of piperidine rings is 1. The van der Waals surface area contributed by atoms with Gasteiger partial charge in [0.2, 0.25) is 5.95 Å². The molecule has 5 N–H and O–H groups in total. The summed E-state index contributed by atoms with van der Waals surface area (Å²) in [5.74, 6) is 0.563. The third kappa shape index (κ3) is 4.43. The fourth-order valence-electron chi connectivity index (χ4n) is 5.15. The van der Waals surface area contributed by atoms with Gasteiger partial charge < -0.3 is 26.4 Å². The zero-order chi connectivity index (χ0) is 27.5. The summed E-state index contributed by atoms with van der Waals surface area (Å²) >= 11 is 6.42. The lowest BCUT2D eigenvalue weighted by Crippen LogP contribution is -2.38. The van der Waals surface area contributed by atoms with Crippen LogP contribution in [0.1, 0.15) is 51.2 Å². The summed E-state index contributed by atoms with van der Waals surface area (Å²) < 4.78 is 7.18. The standard InChI is InChI=1S/C25H28ClN9O3/c1-11(30-20-12(8-27)19(28)32-23(29)33-20)21-31-16-7-5-6-15(26)17(16)22(36)35(21)18-13-9-34(10-14(13)18)24(37)38-25(2,3)4/h5-7,11,13-14,18H,9-10H2,1-4H3,(H5,28,29,30,32,33)/t11-,13?,14?,18?/m0/s1. The number of hydrogen-bond donors (Lipinski definition) is 3. The number of benzene rings is 1. The number of nitriles is 1. The summed E-state index contributed by atoms with van der Waals surface area (Å²) in [6, 6.07) is 6.35. The number of likely N-dealkylation sites (tertiary alicyclic amines) is 1. The van der Waals surface area contributed by atoms with Gasteiger partial charge in [-0.05, 0) is 39.8 Å². The number of nitrogens with zero attached hydrogens (tertiary/aromatic N) is 6. The van der Waals surface area contributed by atoms with Crippen LogP contribution in [0, 0.1) is 23.2 Å². The summed E-state index contributed by atoms with van der Waals surface area (Å²) in [5.41, 5.74) is 11.3. The number of anilines is 3. The Balaban J connectivity index is 1.52. The molecule has 1 aliphatic carbocycles. The van der Waals surface area contributed by atoms with E-state index in [0.717, 1.165) is 0 Å². The number of hydrogen-bond acceptors (Lipinski definition) is 10. The number of halogens is 1. The van der Waals surface area contributed by atoms with Gasteiger partial charge >= 0.3 is 6.09 Å². The van der Waals surface area contributed by atoms with E-state index in [1.54, 1.807) is 34.6 Å². The number of ether oxygens (including phenoxy) is 1. The molecular weight excluding hydrogens is 510 g/mol. The Bertz CT molecular complexity index is 1550. The van der Waals surface area contributed by atoms with Crippen molar-refractivity contribution in [1.82, 2.24) is 24.4 Å². The van der Waals surface area contributed by atoms with Gasteiger partial charge in [0.25, 0.3) is 5.56 Å². The first-order chi connectivity index (χ1) is 17.9. The van der Waals surface area contributed by atoms with E-state index in [2.05, 4.69) is 15.3 Å². The lowest BCUT2D eigenvalue weighted by atomic mass is 10.2. The molecule has 0 spiro atoms. The highest BCUT2D eigenvalue weighted by Gasteiger charge is 2.59. The number of amides is 1. The number of nitrogens with one attached hydrogen (secondary N) is 1. The predicted octanol–water partition coefficient (Wildman–Crippen LogP) is 3.09. The zero-order valence-electron chi connectivity index (χ0n) is 21.4. The third-order valence-electron chi connectivity index (χ3n) is 6.81. The summed E-state index contributed by atoms with van der Waals surface area (Å²) in [6.45, 7) is 8.21. The van der Waals surface area contributed by atoms with Gasteiger partial charge in [-0.3, -0.25) is 9.36 Å². The van der Waals surface area contributed by atoms with Gasteiger partial charge in [0.1, 0.15) is 28.9 Å². The van der Waals surface area contributed by atoms with E-state index in [9.17, 15) is 14.9 Å². The normalized spacial score (nSPS) is 21.1. The topological polar surface area (TPSA) is 178 Å². The fraction of sp³-hybridized carbons (Fsp3) is 0.440. The maximum absolute atomic E-state index is 13.9. The molecular formula is C25H28ClN9O3. The van der Waals surface area contributed by atoms with Gasteiger partial charge in [0.05, 0.1) is 22.0 Å². The molecule has 1 saturated carbocycles. The van der Waals surface area contributed by atoms with Crippen LogP contribution in [-0.4, -0.2) is 49.2 Å². The minimum absolute atomic E-state index is 0.0417. The van der Waals surface area contributed by atoms with Crippen LogP contribution in [0.25, 0.3) is 10.9 Å². The maximum atomic E-state index is 13.9. The third-order valence-corrected chi connectivity index (χ3v) is 7.13. The first kappa shape index (κ1) is 25.5. The Morgan fingerprint density at radius 3 is 2.55 bits per heavy atom. The average molecular weight is 538 g/mol. The van der Waals surface area contributed by atoms with Crippen LogP contribution in [0.4, 0.5) is 22.4 Å². The lowest BCUT2D eigenvalue weighted by Gasteiger charge is -2.27. The van der Waals surface area contributed by atoms with Crippen LogP contribution in [0.15, 0.2) is 23.0 Å². The Hall–Kier alpha value is -4.11. The number of rotatable bonds is 4. The smallest absolute Gasteiger partial charge is 0.410 e. The zero-order valence-corrected chi connectivity index (χ0v) is 22.2. The summed E-state index contributed by atoms with van der Waals surface area (Å²) in [6.07, 6.45) is -0.367. The SMILES string of the molecule is C[C@H](Nc1nc(N)nc(N)c1C#N)c1nc2cccc(Cl)c2c(=O)n1C1C2CN(C(=O)OC(C)(C)C)CC21. The van der Waals surface area contributed by atoms with Crippen molar-refractivity contribution in [2.45, 2.75) is 45.4 Å². The molecule has 1 amide bonds. The Kier molecular flexibility index (Phi) is 6.06. The van der Waals surface area contributed by atoms with E-state index < -0.39 is 11.6 Å². The molecule has 1 aliphatic heterocycles. The minimum Gasteiger partial charge on any atom is -0.444 e. The van der Waals surface area contributed by atoms with Crippen molar-refractivity contribution < 1.29 is 9.53 Å². The number of nitrogen functional groups attached to an aromatic ring is 2. The molecule has 3 heterocycles. The average Bonchev–Trinajstić information content (AvgIpc) is 3.27. The van der Waals surface area contributed by atoms with Crippen molar-refractivity contribution in [3.05, 3.63) is 45.0 Å². The van der Waals surface area contributed by atoms with Crippen molar-refractivity contribution in [2.24, 2.45) is 11.8 Å².